The maximum Gasteiger partial charge on any atom is 0.300 e. The van der Waals surface area contributed by atoms with Crippen molar-refractivity contribution >= 4 is 5.97 Å². The van der Waals surface area contributed by atoms with Gasteiger partial charge in [-0.05, 0) is 25.9 Å². The molecule has 1 aliphatic heterocycles. The van der Waals surface area contributed by atoms with Crippen LogP contribution in [0.15, 0.2) is 0 Å². The molecule has 13 heavy (non-hydrogen) atoms. The summed E-state index contributed by atoms with van der Waals surface area (Å²) in [6.45, 7) is 5.72. The van der Waals surface area contributed by atoms with Gasteiger partial charge in [-0.1, -0.05) is 6.92 Å². The normalized spacial score (nSPS) is 27.3. The predicted octanol–water partition coefficient (Wildman–Crippen LogP) is 0.295. The van der Waals surface area contributed by atoms with E-state index in [0.29, 0.717) is 6.04 Å². The Labute approximate surface area is 79.7 Å². The molecule has 2 atom stereocenters. The number of hydrogen-bond donors (Lipinski definition) is 3. The van der Waals surface area contributed by atoms with E-state index in [1.807, 2.05) is 7.05 Å². The Bertz CT molecular complexity index is 147. The Morgan fingerprint density at radius 3 is 2.46 bits per heavy atom. The van der Waals surface area contributed by atoms with Crippen LogP contribution < -0.4 is 10.6 Å². The molecule has 1 heterocycles. The molecule has 1 fully saturated rings. The minimum atomic E-state index is -0.833. The summed E-state index contributed by atoms with van der Waals surface area (Å²) >= 11 is 0. The molecule has 3 N–H and O–H groups in total. The molecule has 4 heteroatoms. The number of carboxylic acids is 1. The minimum absolute atomic E-state index is 0.693. The zero-order valence-corrected chi connectivity index (χ0v) is 8.63. The molecule has 0 amide bonds. The number of carbonyl (C=O) groups is 1. The highest BCUT2D eigenvalue weighted by molar-refractivity contribution is 5.62. The van der Waals surface area contributed by atoms with Gasteiger partial charge in [-0.2, -0.15) is 0 Å². The molecule has 78 valence electrons. The zero-order valence-electron chi connectivity index (χ0n) is 8.63. The summed E-state index contributed by atoms with van der Waals surface area (Å²) in [6.07, 6.45) is 1.31. The van der Waals surface area contributed by atoms with E-state index in [-0.39, 0.29) is 0 Å². The molecule has 0 radical (unpaired) electrons. The summed E-state index contributed by atoms with van der Waals surface area (Å²) in [4.78, 5) is 9.00. The highest BCUT2D eigenvalue weighted by Crippen LogP contribution is 2.09. The van der Waals surface area contributed by atoms with Crippen molar-refractivity contribution in [3.63, 3.8) is 0 Å². The molecular formula is C9H20N2O2. The lowest BCUT2D eigenvalue weighted by Crippen LogP contribution is -2.46. The van der Waals surface area contributed by atoms with Gasteiger partial charge in [-0.3, -0.25) is 4.79 Å². The van der Waals surface area contributed by atoms with Crippen LogP contribution in [0, 0.1) is 5.92 Å². The first-order valence-electron chi connectivity index (χ1n) is 4.65. The lowest BCUT2D eigenvalue weighted by molar-refractivity contribution is -0.134. The third-order valence-electron chi connectivity index (χ3n) is 2.20. The Morgan fingerprint density at radius 2 is 2.15 bits per heavy atom. The second-order valence-electron chi connectivity index (χ2n) is 3.38. The van der Waals surface area contributed by atoms with Crippen LogP contribution in [0.2, 0.25) is 0 Å². The lowest BCUT2D eigenvalue weighted by atomic mass is 9.95. The average molecular weight is 188 g/mol. The largest absolute Gasteiger partial charge is 0.481 e. The van der Waals surface area contributed by atoms with E-state index in [9.17, 15) is 0 Å². The first-order chi connectivity index (χ1) is 6.07. The van der Waals surface area contributed by atoms with Crippen LogP contribution in [0.3, 0.4) is 0 Å². The van der Waals surface area contributed by atoms with Crippen LogP contribution in [0.25, 0.3) is 0 Å². The number of carboxylic acid groups (broad SMARTS) is 1. The second kappa shape index (κ2) is 6.86. The van der Waals surface area contributed by atoms with Gasteiger partial charge < -0.3 is 15.7 Å². The van der Waals surface area contributed by atoms with E-state index in [0.717, 1.165) is 19.4 Å². The number of likely N-dealkylation sites (N-methyl/N-ethyl adjacent to an activating group) is 1. The molecule has 1 aliphatic rings. The number of nitrogens with one attached hydrogen (secondary N) is 2. The molecule has 0 aromatic rings. The summed E-state index contributed by atoms with van der Waals surface area (Å²) in [6, 6.07) is 0.693. The first-order valence-corrected chi connectivity index (χ1v) is 4.65. The molecule has 1 rings (SSSR count). The van der Waals surface area contributed by atoms with Crippen LogP contribution in [-0.2, 0) is 4.79 Å². The molecule has 0 aliphatic carbocycles. The Morgan fingerprint density at radius 1 is 1.62 bits per heavy atom. The van der Waals surface area contributed by atoms with Crippen molar-refractivity contribution in [3.05, 3.63) is 0 Å². The average Bonchev–Trinajstić information content (AvgIpc) is 2.04. The smallest absolute Gasteiger partial charge is 0.300 e. The van der Waals surface area contributed by atoms with E-state index >= 15 is 0 Å². The fourth-order valence-corrected chi connectivity index (χ4v) is 1.38. The van der Waals surface area contributed by atoms with Crippen LogP contribution >= 0.6 is 0 Å². The molecule has 0 aromatic heterocycles. The number of hydrogen-bond acceptors (Lipinski definition) is 3. The van der Waals surface area contributed by atoms with E-state index < -0.39 is 5.97 Å². The molecule has 0 spiro atoms. The maximum atomic E-state index is 9.00. The fourth-order valence-electron chi connectivity index (χ4n) is 1.38. The van der Waals surface area contributed by atoms with Gasteiger partial charge in [0.1, 0.15) is 0 Å². The summed E-state index contributed by atoms with van der Waals surface area (Å²) in [7, 11) is 2.04. The summed E-state index contributed by atoms with van der Waals surface area (Å²) < 4.78 is 0. The molecule has 0 aromatic carbocycles. The monoisotopic (exact) mass is 188 g/mol. The fraction of sp³-hybridized carbons (Fsp3) is 0.889. The first kappa shape index (κ1) is 12.4. The van der Waals surface area contributed by atoms with Crippen LogP contribution in [0.4, 0.5) is 0 Å². The van der Waals surface area contributed by atoms with Gasteiger partial charge in [0, 0.05) is 19.5 Å². The van der Waals surface area contributed by atoms with Crippen LogP contribution in [-0.4, -0.2) is 37.3 Å². The van der Waals surface area contributed by atoms with Gasteiger partial charge in [0.25, 0.3) is 5.97 Å². The Balaban J connectivity index is 0.000000310. The summed E-state index contributed by atoms with van der Waals surface area (Å²) in [5.41, 5.74) is 0. The molecule has 2 unspecified atom stereocenters. The summed E-state index contributed by atoms with van der Waals surface area (Å²) in [5.74, 6) is 0.0104. The van der Waals surface area contributed by atoms with Crippen LogP contribution in [0.5, 0.6) is 0 Å². The van der Waals surface area contributed by atoms with E-state index in [4.69, 9.17) is 9.90 Å². The van der Waals surface area contributed by atoms with Crippen molar-refractivity contribution in [1.29, 1.82) is 0 Å². The van der Waals surface area contributed by atoms with Gasteiger partial charge >= 0.3 is 0 Å². The number of aliphatic carboxylic acids is 1. The van der Waals surface area contributed by atoms with E-state index in [2.05, 4.69) is 17.6 Å². The topological polar surface area (TPSA) is 61.4 Å². The Kier molecular flexibility index (Phi) is 6.54. The third-order valence-corrected chi connectivity index (χ3v) is 2.20. The quantitative estimate of drug-likeness (QED) is 0.553. The third kappa shape index (κ3) is 6.54. The van der Waals surface area contributed by atoms with Gasteiger partial charge in [0.15, 0.2) is 0 Å². The van der Waals surface area contributed by atoms with Crippen molar-refractivity contribution in [2.24, 2.45) is 5.92 Å². The maximum absolute atomic E-state index is 9.00. The number of rotatable bonds is 1. The van der Waals surface area contributed by atoms with E-state index in [1.165, 1.54) is 13.0 Å². The van der Waals surface area contributed by atoms with Crippen molar-refractivity contribution in [2.45, 2.75) is 26.3 Å². The van der Waals surface area contributed by atoms with Crippen molar-refractivity contribution in [3.8, 4) is 0 Å². The molecule has 1 saturated heterocycles. The van der Waals surface area contributed by atoms with Crippen molar-refractivity contribution in [1.82, 2.24) is 10.6 Å². The van der Waals surface area contributed by atoms with Gasteiger partial charge in [-0.25, -0.2) is 0 Å². The second-order valence-corrected chi connectivity index (χ2v) is 3.38. The highest BCUT2D eigenvalue weighted by Gasteiger charge is 2.17. The van der Waals surface area contributed by atoms with Crippen molar-refractivity contribution in [2.75, 3.05) is 20.1 Å². The van der Waals surface area contributed by atoms with Crippen molar-refractivity contribution < 1.29 is 9.90 Å². The summed E-state index contributed by atoms with van der Waals surface area (Å²) in [5, 5.41) is 14.1. The predicted molar refractivity (Wildman–Crippen MR) is 52.8 cm³/mol. The number of piperidine rings is 1. The molecule has 0 bridgehead atoms. The molecule has 4 nitrogen and oxygen atoms in total. The van der Waals surface area contributed by atoms with Gasteiger partial charge in [0.2, 0.25) is 0 Å². The minimum Gasteiger partial charge on any atom is -0.481 e. The van der Waals surface area contributed by atoms with E-state index in [1.54, 1.807) is 0 Å². The SMILES string of the molecule is CC(=O)O.CNC1CNCCC1C. The molecule has 0 saturated carbocycles. The highest BCUT2D eigenvalue weighted by atomic mass is 16.4. The van der Waals surface area contributed by atoms with Crippen LogP contribution in [0.1, 0.15) is 20.3 Å². The van der Waals surface area contributed by atoms with Gasteiger partial charge in [0.05, 0.1) is 0 Å². The van der Waals surface area contributed by atoms with Gasteiger partial charge in [-0.15, -0.1) is 0 Å². The Hall–Kier alpha value is -0.610. The molecular weight excluding hydrogens is 168 g/mol. The zero-order chi connectivity index (χ0) is 10.3. The standard InChI is InChI=1S/C7H16N2.C2H4O2/c1-6-3-4-9-5-7(6)8-2;1-2(3)4/h6-9H,3-5H2,1-2H3;1H3,(H,3,4). The lowest BCUT2D eigenvalue weighted by Gasteiger charge is -2.28.